The van der Waals surface area contributed by atoms with Crippen LogP contribution in [-0.2, 0) is 0 Å². The molecule has 0 unspecified atom stereocenters. The van der Waals surface area contributed by atoms with Crippen LogP contribution in [0.3, 0.4) is 0 Å². The molecule has 0 saturated carbocycles. The standard InChI is InChI=1S/C13H16/c1-6-12-8-13(7-2)11(5)9(3)10(12)4/h6-8H,1-2H2,3-5H3. The van der Waals surface area contributed by atoms with Gasteiger partial charge in [0.1, 0.15) is 0 Å². The van der Waals surface area contributed by atoms with Crippen molar-refractivity contribution < 1.29 is 0 Å². The molecule has 13 heavy (non-hydrogen) atoms. The Bertz CT molecular complexity index is 325. The summed E-state index contributed by atoms with van der Waals surface area (Å²) in [5, 5.41) is 0. The van der Waals surface area contributed by atoms with Crippen molar-refractivity contribution in [3.8, 4) is 0 Å². The molecule has 0 nitrogen and oxygen atoms in total. The first kappa shape index (κ1) is 9.79. The van der Waals surface area contributed by atoms with Gasteiger partial charge in [-0.2, -0.15) is 0 Å². The minimum absolute atomic E-state index is 1.21. The molecule has 1 aromatic rings. The molecule has 0 N–H and O–H groups in total. The van der Waals surface area contributed by atoms with E-state index >= 15 is 0 Å². The van der Waals surface area contributed by atoms with Gasteiger partial charge in [-0.25, -0.2) is 0 Å². The van der Waals surface area contributed by atoms with Gasteiger partial charge in [-0.3, -0.25) is 0 Å². The molecule has 0 heteroatoms. The number of hydrogen-bond donors (Lipinski definition) is 0. The van der Waals surface area contributed by atoms with Gasteiger partial charge in [0.15, 0.2) is 0 Å². The van der Waals surface area contributed by atoms with Crippen LogP contribution in [0.15, 0.2) is 19.2 Å². The van der Waals surface area contributed by atoms with Crippen LogP contribution >= 0.6 is 0 Å². The third-order valence-corrected chi connectivity index (χ3v) is 2.74. The van der Waals surface area contributed by atoms with Crippen molar-refractivity contribution in [1.82, 2.24) is 0 Å². The predicted molar refractivity (Wildman–Crippen MR) is 60.8 cm³/mol. The highest BCUT2D eigenvalue weighted by Gasteiger charge is 2.04. The van der Waals surface area contributed by atoms with Crippen LogP contribution in [0.4, 0.5) is 0 Å². The molecule has 0 spiro atoms. The second kappa shape index (κ2) is 3.61. The lowest BCUT2D eigenvalue weighted by atomic mass is 9.94. The van der Waals surface area contributed by atoms with Gasteiger partial charge in [-0.15, -0.1) is 0 Å². The summed E-state index contributed by atoms with van der Waals surface area (Å²) in [6, 6.07) is 2.14. The molecule has 1 aromatic carbocycles. The lowest BCUT2D eigenvalue weighted by Gasteiger charge is -2.11. The van der Waals surface area contributed by atoms with Crippen LogP contribution in [0.2, 0.25) is 0 Å². The van der Waals surface area contributed by atoms with E-state index < -0.39 is 0 Å². The van der Waals surface area contributed by atoms with Crippen LogP contribution in [0, 0.1) is 20.8 Å². The van der Waals surface area contributed by atoms with E-state index in [9.17, 15) is 0 Å². The maximum absolute atomic E-state index is 3.80. The highest BCUT2D eigenvalue weighted by atomic mass is 14.1. The largest absolute Gasteiger partial charge is 0.0985 e. The van der Waals surface area contributed by atoms with Crippen molar-refractivity contribution in [3.63, 3.8) is 0 Å². The van der Waals surface area contributed by atoms with Crippen molar-refractivity contribution in [2.24, 2.45) is 0 Å². The molecule has 0 atom stereocenters. The lowest BCUT2D eigenvalue weighted by molar-refractivity contribution is 1.25. The molecule has 0 aliphatic rings. The van der Waals surface area contributed by atoms with Crippen LogP contribution in [0.1, 0.15) is 27.8 Å². The Morgan fingerprint density at radius 3 is 1.54 bits per heavy atom. The third kappa shape index (κ3) is 1.57. The second-order valence-corrected chi connectivity index (χ2v) is 3.34. The van der Waals surface area contributed by atoms with Gasteiger partial charge >= 0.3 is 0 Å². The maximum atomic E-state index is 3.80. The minimum Gasteiger partial charge on any atom is -0.0985 e. The van der Waals surface area contributed by atoms with Gasteiger partial charge < -0.3 is 0 Å². The monoisotopic (exact) mass is 172 g/mol. The quantitative estimate of drug-likeness (QED) is 0.634. The Morgan fingerprint density at radius 2 is 1.23 bits per heavy atom. The predicted octanol–water partition coefficient (Wildman–Crippen LogP) is 3.90. The van der Waals surface area contributed by atoms with Crippen molar-refractivity contribution in [2.75, 3.05) is 0 Å². The Labute approximate surface area is 80.6 Å². The molecule has 0 aliphatic heterocycles. The zero-order chi connectivity index (χ0) is 10.0. The van der Waals surface area contributed by atoms with E-state index in [-0.39, 0.29) is 0 Å². The molecule has 1 rings (SSSR count). The van der Waals surface area contributed by atoms with Crippen LogP contribution in [0.25, 0.3) is 12.2 Å². The summed E-state index contributed by atoms with van der Waals surface area (Å²) in [7, 11) is 0. The molecule has 0 radical (unpaired) electrons. The number of rotatable bonds is 2. The smallest absolute Gasteiger partial charge is 0.0224 e. The summed E-state index contributed by atoms with van der Waals surface area (Å²) >= 11 is 0. The highest BCUT2D eigenvalue weighted by Crippen LogP contribution is 2.22. The number of benzene rings is 1. The molecular weight excluding hydrogens is 156 g/mol. The highest BCUT2D eigenvalue weighted by molar-refractivity contribution is 5.64. The summed E-state index contributed by atoms with van der Waals surface area (Å²) in [5.74, 6) is 0. The molecule has 0 heterocycles. The lowest BCUT2D eigenvalue weighted by Crippen LogP contribution is -1.93. The summed E-state index contributed by atoms with van der Waals surface area (Å²) in [5.41, 5.74) is 6.39. The normalized spacial score (nSPS) is 9.77. The van der Waals surface area contributed by atoms with Gasteiger partial charge in [-0.05, 0) is 54.7 Å². The van der Waals surface area contributed by atoms with Crippen molar-refractivity contribution in [2.45, 2.75) is 20.8 Å². The Kier molecular flexibility index (Phi) is 2.72. The van der Waals surface area contributed by atoms with Crippen LogP contribution in [0.5, 0.6) is 0 Å². The van der Waals surface area contributed by atoms with Gasteiger partial charge in [0, 0.05) is 0 Å². The topological polar surface area (TPSA) is 0 Å². The zero-order valence-electron chi connectivity index (χ0n) is 8.65. The molecule has 0 amide bonds. The van der Waals surface area contributed by atoms with E-state index in [1.165, 1.54) is 27.8 Å². The first-order chi connectivity index (χ1) is 6.11. The average Bonchev–Trinajstić information content (AvgIpc) is 2.15. The van der Waals surface area contributed by atoms with Gasteiger partial charge in [0.25, 0.3) is 0 Å². The summed E-state index contributed by atoms with van der Waals surface area (Å²) in [4.78, 5) is 0. The Balaban J connectivity index is 3.53. The van der Waals surface area contributed by atoms with Gasteiger partial charge in [-0.1, -0.05) is 25.3 Å². The SMILES string of the molecule is C=Cc1cc(C=C)c(C)c(C)c1C. The van der Waals surface area contributed by atoms with Gasteiger partial charge in [0.2, 0.25) is 0 Å². The van der Waals surface area contributed by atoms with Crippen molar-refractivity contribution in [1.29, 1.82) is 0 Å². The fraction of sp³-hybridized carbons (Fsp3) is 0.231. The molecule has 0 aromatic heterocycles. The molecular formula is C13H16. The first-order valence-electron chi connectivity index (χ1n) is 4.47. The summed E-state index contributed by atoms with van der Waals surface area (Å²) in [6.07, 6.45) is 3.80. The van der Waals surface area contributed by atoms with E-state index in [0.717, 1.165) is 0 Å². The van der Waals surface area contributed by atoms with E-state index in [4.69, 9.17) is 0 Å². The molecule has 0 bridgehead atoms. The summed E-state index contributed by atoms with van der Waals surface area (Å²) in [6.45, 7) is 14.0. The maximum Gasteiger partial charge on any atom is -0.0224 e. The second-order valence-electron chi connectivity index (χ2n) is 3.34. The van der Waals surface area contributed by atoms with Crippen LogP contribution < -0.4 is 0 Å². The molecule has 0 fully saturated rings. The van der Waals surface area contributed by atoms with Gasteiger partial charge in [0.05, 0.1) is 0 Å². The van der Waals surface area contributed by atoms with Crippen molar-refractivity contribution >= 4 is 12.2 Å². The Hall–Kier alpha value is -1.30. The first-order valence-corrected chi connectivity index (χ1v) is 4.47. The zero-order valence-corrected chi connectivity index (χ0v) is 8.65. The average molecular weight is 172 g/mol. The Morgan fingerprint density at radius 1 is 0.846 bits per heavy atom. The fourth-order valence-electron chi connectivity index (χ4n) is 1.52. The molecule has 0 saturated heterocycles. The van der Waals surface area contributed by atoms with E-state index in [0.29, 0.717) is 0 Å². The third-order valence-electron chi connectivity index (χ3n) is 2.74. The summed E-state index contributed by atoms with van der Waals surface area (Å²) < 4.78 is 0. The number of hydrogen-bond acceptors (Lipinski definition) is 0. The van der Waals surface area contributed by atoms with E-state index in [1.807, 2.05) is 12.2 Å². The van der Waals surface area contributed by atoms with E-state index in [1.54, 1.807) is 0 Å². The fourth-order valence-corrected chi connectivity index (χ4v) is 1.52. The van der Waals surface area contributed by atoms with Crippen molar-refractivity contribution in [3.05, 3.63) is 47.0 Å². The van der Waals surface area contributed by atoms with Crippen LogP contribution in [-0.4, -0.2) is 0 Å². The van der Waals surface area contributed by atoms with E-state index in [2.05, 4.69) is 40.0 Å². The molecule has 68 valence electrons. The minimum atomic E-state index is 1.21. The molecule has 0 aliphatic carbocycles.